The number of benzene rings is 1. The van der Waals surface area contributed by atoms with E-state index in [-0.39, 0.29) is 0 Å². The van der Waals surface area contributed by atoms with Crippen LogP contribution in [0.2, 0.25) is 0 Å². The molecule has 0 unspecified atom stereocenters. The zero-order chi connectivity index (χ0) is 11.0. The van der Waals surface area contributed by atoms with Crippen LogP contribution in [0.1, 0.15) is 5.82 Å². The first kappa shape index (κ1) is 9.78. The summed E-state index contributed by atoms with van der Waals surface area (Å²) in [6.07, 6.45) is 0.739. The predicted molar refractivity (Wildman–Crippen MR) is 61.5 cm³/mol. The topological polar surface area (TPSA) is 47.1 Å². The van der Waals surface area contributed by atoms with E-state index in [4.69, 9.17) is 21.1 Å². The summed E-state index contributed by atoms with van der Waals surface area (Å²) < 4.78 is 11.0. The van der Waals surface area contributed by atoms with Crippen molar-refractivity contribution in [3.63, 3.8) is 0 Å². The molecule has 1 N–H and O–H groups in total. The number of nitrogens with zero attached hydrogens (tertiary/aromatic N) is 1. The number of aromatic nitrogens is 2. The average Bonchev–Trinajstić information content (AvgIpc) is 2.67. The Labute approximate surface area is 97.5 Å². The fourth-order valence-corrected chi connectivity index (χ4v) is 1.99. The molecule has 0 saturated carbocycles. The number of hydrogen-bond donors (Lipinski definition) is 1. The van der Waals surface area contributed by atoms with E-state index >= 15 is 0 Å². The Morgan fingerprint density at radius 3 is 2.75 bits per heavy atom. The largest absolute Gasteiger partial charge is 0.486 e. The highest BCUT2D eigenvalue weighted by atomic mass is 35.5. The van der Waals surface area contributed by atoms with Gasteiger partial charge in [0, 0.05) is 24.4 Å². The van der Waals surface area contributed by atoms with Crippen LogP contribution < -0.4 is 9.47 Å². The molecule has 0 radical (unpaired) electrons. The van der Waals surface area contributed by atoms with E-state index in [2.05, 4.69) is 9.97 Å². The van der Waals surface area contributed by atoms with E-state index < -0.39 is 0 Å². The molecular formula is C11H11ClN2O2. The number of H-pyrrole nitrogens is 1. The number of imidazole rings is 1. The third-order valence-electron chi connectivity index (χ3n) is 2.53. The van der Waals surface area contributed by atoms with Crippen molar-refractivity contribution in [2.24, 2.45) is 0 Å². The van der Waals surface area contributed by atoms with Gasteiger partial charge in [0.05, 0.1) is 11.0 Å². The van der Waals surface area contributed by atoms with Gasteiger partial charge in [-0.2, -0.15) is 0 Å². The van der Waals surface area contributed by atoms with Gasteiger partial charge < -0.3 is 14.5 Å². The summed E-state index contributed by atoms with van der Waals surface area (Å²) in [5.41, 5.74) is 1.86. The summed E-state index contributed by atoms with van der Waals surface area (Å²) >= 11 is 5.68. The van der Waals surface area contributed by atoms with Crippen LogP contribution in [0.25, 0.3) is 11.0 Å². The molecule has 2 aromatic rings. The minimum Gasteiger partial charge on any atom is -0.486 e. The lowest BCUT2D eigenvalue weighted by atomic mass is 10.2. The van der Waals surface area contributed by atoms with Crippen molar-refractivity contribution in [2.45, 2.75) is 6.42 Å². The molecule has 1 aromatic heterocycles. The summed E-state index contributed by atoms with van der Waals surface area (Å²) in [6.45, 7) is 1.19. The van der Waals surface area contributed by atoms with E-state index in [1.807, 2.05) is 12.1 Å². The second kappa shape index (κ2) is 3.87. The minimum absolute atomic E-state index is 0.562. The first-order valence-corrected chi connectivity index (χ1v) is 5.74. The van der Waals surface area contributed by atoms with Crippen LogP contribution in [0, 0.1) is 0 Å². The van der Waals surface area contributed by atoms with Crippen molar-refractivity contribution >= 4 is 22.6 Å². The van der Waals surface area contributed by atoms with Gasteiger partial charge in [-0.25, -0.2) is 4.98 Å². The molecule has 0 saturated heterocycles. The van der Waals surface area contributed by atoms with Gasteiger partial charge in [-0.05, 0) is 0 Å². The minimum atomic E-state index is 0.562. The highest BCUT2D eigenvalue weighted by Crippen LogP contribution is 2.33. The maximum atomic E-state index is 5.68. The highest BCUT2D eigenvalue weighted by Gasteiger charge is 2.14. The van der Waals surface area contributed by atoms with Crippen molar-refractivity contribution in [1.82, 2.24) is 9.97 Å². The van der Waals surface area contributed by atoms with E-state index in [0.717, 1.165) is 34.8 Å². The summed E-state index contributed by atoms with van der Waals surface area (Å²) in [6, 6.07) is 3.83. The zero-order valence-corrected chi connectivity index (χ0v) is 9.38. The van der Waals surface area contributed by atoms with Crippen LogP contribution in [0.15, 0.2) is 12.1 Å². The van der Waals surface area contributed by atoms with Crippen molar-refractivity contribution in [2.75, 3.05) is 19.1 Å². The van der Waals surface area contributed by atoms with Crippen molar-refractivity contribution in [1.29, 1.82) is 0 Å². The molecule has 0 amide bonds. The Bertz CT molecular complexity index is 481. The maximum Gasteiger partial charge on any atom is 0.163 e. The molecule has 16 heavy (non-hydrogen) atoms. The quantitative estimate of drug-likeness (QED) is 0.816. The van der Waals surface area contributed by atoms with Crippen molar-refractivity contribution in [3.05, 3.63) is 18.0 Å². The van der Waals surface area contributed by atoms with Gasteiger partial charge >= 0.3 is 0 Å². The first-order chi connectivity index (χ1) is 7.86. The molecule has 0 atom stereocenters. The fourth-order valence-electron chi connectivity index (χ4n) is 1.81. The molecule has 1 aliphatic rings. The van der Waals surface area contributed by atoms with Gasteiger partial charge in [0.25, 0.3) is 0 Å². The molecule has 0 aliphatic carbocycles. The Kier molecular flexibility index (Phi) is 2.36. The Morgan fingerprint density at radius 2 is 2.00 bits per heavy atom. The molecule has 1 aromatic carbocycles. The lowest BCUT2D eigenvalue weighted by Crippen LogP contribution is -2.15. The Morgan fingerprint density at radius 1 is 1.25 bits per heavy atom. The molecule has 1 aliphatic heterocycles. The van der Waals surface area contributed by atoms with Gasteiger partial charge in [-0.3, -0.25) is 0 Å². The number of halogens is 1. The predicted octanol–water partition coefficient (Wildman–Crippen LogP) is 2.12. The highest BCUT2D eigenvalue weighted by molar-refractivity contribution is 6.17. The number of nitrogens with one attached hydrogen (secondary N) is 1. The normalized spacial score (nSPS) is 14.3. The van der Waals surface area contributed by atoms with Crippen LogP contribution in [0.3, 0.4) is 0 Å². The SMILES string of the molecule is ClCCc1nc2cc3c(cc2[nH]1)OCCO3. The molecule has 0 spiro atoms. The zero-order valence-electron chi connectivity index (χ0n) is 8.62. The summed E-state index contributed by atoms with van der Waals surface area (Å²) in [5.74, 6) is 3.00. The van der Waals surface area contributed by atoms with Crippen LogP contribution in [0.4, 0.5) is 0 Å². The maximum absolute atomic E-state index is 5.68. The van der Waals surface area contributed by atoms with Gasteiger partial charge in [0.15, 0.2) is 11.5 Å². The van der Waals surface area contributed by atoms with E-state index in [1.54, 1.807) is 0 Å². The number of alkyl halides is 1. The summed E-state index contributed by atoms with van der Waals surface area (Å²) in [5, 5.41) is 0. The Balaban J connectivity index is 2.09. The monoisotopic (exact) mass is 238 g/mol. The Hall–Kier alpha value is -1.42. The second-order valence-corrected chi connectivity index (χ2v) is 4.01. The molecule has 3 rings (SSSR count). The molecule has 2 heterocycles. The number of aryl methyl sites for hydroxylation is 1. The van der Waals surface area contributed by atoms with Gasteiger partial charge in [-0.15, -0.1) is 11.6 Å². The van der Waals surface area contributed by atoms with E-state index in [9.17, 15) is 0 Å². The number of aromatic amines is 1. The third-order valence-corrected chi connectivity index (χ3v) is 2.72. The van der Waals surface area contributed by atoms with Gasteiger partial charge in [0.2, 0.25) is 0 Å². The number of rotatable bonds is 2. The molecule has 0 fully saturated rings. The van der Waals surface area contributed by atoms with Crippen LogP contribution in [0.5, 0.6) is 11.5 Å². The number of fused-ring (bicyclic) bond motifs is 2. The molecule has 84 valence electrons. The standard InChI is InChI=1S/C11H11ClN2O2/c12-2-1-11-13-7-5-9-10(6-8(7)14-11)16-4-3-15-9/h5-6H,1-4H2,(H,13,14). The number of ether oxygens (including phenoxy) is 2. The number of hydrogen-bond acceptors (Lipinski definition) is 3. The first-order valence-electron chi connectivity index (χ1n) is 5.21. The van der Waals surface area contributed by atoms with Crippen LogP contribution >= 0.6 is 11.6 Å². The van der Waals surface area contributed by atoms with Crippen molar-refractivity contribution < 1.29 is 9.47 Å². The van der Waals surface area contributed by atoms with Crippen LogP contribution in [-0.2, 0) is 6.42 Å². The summed E-state index contributed by atoms with van der Waals surface area (Å²) in [4.78, 5) is 7.65. The summed E-state index contributed by atoms with van der Waals surface area (Å²) in [7, 11) is 0. The van der Waals surface area contributed by atoms with E-state index in [1.165, 1.54) is 0 Å². The van der Waals surface area contributed by atoms with Gasteiger partial charge in [0.1, 0.15) is 19.0 Å². The molecular weight excluding hydrogens is 228 g/mol. The molecule has 5 heteroatoms. The average molecular weight is 239 g/mol. The second-order valence-electron chi connectivity index (χ2n) is 3.64. The van der Waals surface area contributed by atoms with Crippen LogP contribution in [-0.4, -0.2) is 29.1 Å². The third kappa shape index (κ3) is 1.59. The lowest BCUT2D eigenvalue weighted by Gasteiger charge is -2.17. The molecule has 0 bridgehead atoms. The van der Waals surface area contributed by atoms with E-state index in [0.29, 0.717) is 19.1 Å². The van der Waals surface area contributed by atoms with Gasteiger partial charge in [-0.1, -0.05) is 0 Å². The molecule has 4 nitrogen and oxygen atoms in total. The smallest absolute Gasteiger partial charge is 0.163 e. The van der Waals surface area contributed by atoms with Crippen molar-refractivity contribution in [3.8, 4) is 11.5 Å². The fraction of sp³-hybridized carbons (Fsp3) is 0.364. The lowest BCUT2D eigenvalue weighted by molar-refractivity contribution is 0.172.